The molecule has 0 unspecified atom stereocenters. The highest BCUT2D eigenvalue weighted by atomic mass is 35.5. The monoisotopic (exact) mass is 283 g/mol. The molecule has 5 nitrogen and oxygen atoms in total. The third kappa shape index (κ3) is 3.52. The maximum atomic E-state index is 11.2. The van der Waals surface area contributed by atoms with Gasteiger partial charge in [0.05, 0.1) is 24.8 Å². The molecule has 19 heavy (non-hydrogen) atoms. The third-order valence-electron chi connectivity index (χ3n) is 2.91. The van der Waals surface area contributed by atoms with Gasteiger partial charge in [-0.05, 0) is 18.2 Å². The number of morpholine rings is 1. The summed E-state index contributed by atoms with van der Waals surface area (Å²) < 4.78 is 10.9. The molecular weight excluding hydrogens is 268 g/mol. The largest absolute Gasteiger partial charge is 0.490 e. The molecule has 1 fully saturated rings. The molecular formula is C13H16ClN2O3. The average molecular weight is 284 g/mol. The molecule has 0 saturated carbocycles. The number of rotatable bonds is 5. The van der Waals surface area contributed by atoms with E-state index < -0.39 is 5.91 Å². The summed E-state index contributed by atoms with van der Waals surface area (Å²) in [4.78, 5) is 13.3. The van der Waals surface area contributed by atoms with Crippen molar-refractivity contribution in [1.29, 1.82) is 0 Å². The molecule has 6 heteroatoms. The van der Waals surface area contributed by atoms with E-state index in [-0.39, 0.29) is 0 Å². The second-order valence-corrected chi connectivity index (χ2v) is 4.53. The van der Waals surface area contributed by atoms with Gasteiger partial charge >= 0.3 is 0 Å². The Bertz CT molecular complexity index is 448. The van der Waals surface area contributed by atoms with E-state index in [1.165, 1.54) is 0 Å². The van der Waals surface area contributed by atoms with E-state index in [1.54, 1.807) is 18.2 Å². The number of alkyl halides is 1. The van der Waals surface area contributed by atoms with Gasteiger partial charge in [0, 0.05) is 18.7 Å². The first kappa shape index (κ1) is 14.0. The summed E-state index contributed by atoms with van der Waals surface area (Å²) in [6.07, 6.45) is 0. The second-order valence-electron chi connectivity index (χ2n) is 4.15. The molecule has 1 heterocycles. The summed E-state index contributed by atoms with van der Waals surface area (Å²) in [6.45, 7) is 3.19. The van der Waals surface area contributed by atoms with Crippen LogP contribution in [0.1, 0.15) is 10.4 Å². The van der Waals surface area contributed by atoms with Crippen LogP contribution in [-0.2, 0) is 4.74 Å². The first-order valence-corrected chi connectivity index (χ1v) is 6.67. The lowest BCUT2D eigenvalue weighted by Crippen LogP contribution is -2.36. The predicted molar refractivity (Wildman–Crippen MR) is 73.1 cm³/mol. The van der Waals surface area contributed by atoms with Crippen LogP contribution >= 0.6 is 11.6 Å². The van der Waals surface area contributed by atoms with Crippen molar-refractivity contribution < 1.29 is 14.3 Å². The van der Waals surface area contributed by atoms with Crippen LogP contribution in [0.5, 0.6) is 5.75 Å². The lowest BCUT2D eigenvalue weighted by Gasteiger charge is -2.30. The minimum absolute atomic E-state index is 0.361. The number of nitrogens with zero attached hydrogens (tertiary/aromatic N) is 1. The van der Waals surface area contributed by atoms with Crippen molar-refractivity contribution >= 4 is 23.2 Å². The van der Waals surface area contributed by atoms with Gasteiger partial charge in [0.2, 0.25) is 0 Å². The molecule has 0 aliphatic carbocycles. The first-order valence-electron chi connectivity index (χ1n) is 6.14. The normalized spacial score (nSPS) is 15.3. The maximum Gasteiger partial charge on any atom is 0.269 e. The number of hydrogen-bond donors (Lipinski definition) is 0. The molecule has 1 aliphatic heterocycles. The number of carbonyl (C=O) groups is 1. The number of benzene rings is 1. The fourth-order valence-electron chi connectivity index (χ4n) is 1.98. The molecule has 1 amide bonds. The van der Waals surface area contributed by atoms with Gasteiger partial charge in [-0.25, -0.2) is 0 Å². The van der Waals surface area contributed by atoms with Gasteiger partial charge in [-0.3, -0.25) is 10.5 Å². The smallest absolute Gasteiger partial charge is 0.269 e. The topological polar surface area (TPSA) is 62.6 Å². The Morgan fingerprint density at radius 2 is 2.16 bits per heavy atom. The van der Waals surface area contributed by atoms with E-state index in [2.05, 4.69) is 4.90 Å². The Morgan fingerprint density at radius 1 is 1.42 bits per heavy atom. The highest BCUT2D eigenvalue weighted by Crippen LogP contribution is 2.30. The molecule has 1 radical (unpaired) electrons. The Labute approximate surface area is 117 Å². The van der Waals surface area contributed by atoms with Crippen molar-refractivity contribution in [3.05, 3.63) is 23.8 Å². The molecule has 1 saturated heterocycles. The molecule has 0 spiro atoms. The quantitative estimate of drug-likeness (QED) is 0.770. The number of hydrogen-bond acceptors (Lipinski definition) is 4. The summed E-state index contributed by atoms with van der Waals surface area (Å²) in [5.41, 5.74) is 8.38. The van der Waals surface area contributed by atoms with Gasteiger partial charge in [0.1, 0.15) is 12.4 Å². The highest BCUT2D eigenvalue weighted by Gasteiger charge is 2.17. The van der Waals surface area contributed by atoms with Gasteiger partial charge < -0.3 is 14.4 Å². The van der Waals surface area contributed by atoms with Crippen molar-refractivity contribution in [3.8, 4) is 5.75 Å². The number of nitrogens with one attached hydrogen (secondary N) is 1. The molecule has 1 N–H and O–H groups in total. The van der Waals surface area contributed by atoms with Crippen LogP contribution in [0.4, 0.5) is 5.69 Å². The molecule has 103 valence electrons. The van der Waals surface area contributed by atoms with Crippen molar-refractivity contribution in [3.63, 3.8) is 0 Å². The highest BCUT2D eigenvalue weighted by molar-refractivity contribution is 6.18. The summed E-state index contributed by atoms with van der Waals surface area (Å²) >= 11 is 5.63. The van der Waals surface area contributed by atoms with Gasteiger partial charge in [0.25, 0.3) is 5.91 Å². The first-order chi connectivity index (χ1) is 9.22. The van der Waals surface area contributed by atoms with E-state index in [9.17, 15) is 4.79 Å². The van der Waals surface area contributed by atoms with Crippen LogP contribution in [0.2, 0.25) is 0 Å². The minimum atomic E-state index is -0.696. The summed E-state index contributed by atoms with van der Waals surface area (Å²) in [5.74, 6) is 0.396. The number of halogens is 1. The lowest BCUT2D eigenvalue weighted by atomic mass is 10.1. The van der Waals surface area contributed by atoms with Gasteiger partial charge in [0.15, 0.2) is 0 Å². The zero-order chi connectivity index (χ0) is 13.7. The van der Waals surface area contributed by atoms with Crippen LogP contribution in [0.15, 0.2) is 18.2 Å². The molecule has 1 aromatic rings. The van der Waals surface area contributed by atoms with E-state index in [0.29, 0.717) is 37.0 Å². The minimum Gasteiger partial charge on any atom is -0.490 e. The molecule has 2 rings (SSSR count). The Hall–Kier alpha value is -1.46. The number of ether oxygens (including phenoxy) is 2. The van der Waals surface area contributed by atoms with Crippen molar-refractivity contribution in [1.82, 2.24) is 5.73 Å². The van der Waals surface area contributed by atoms with Crippen LogP contribution in [-0.4, -0.2) is 44.7 Å². The van der Waals surface area contributed by atoms with Crippen LogP contribution < -0.4 is 15.4 Å². The second kappa shape index (κ2) is 6.63. The Morgan fingerprint density at radius 3 is 2.79 bits per heavy atom. The fraction of sp³-hybridized carbons (Fsp3) is 0.462. The SMILES string of the molecule is [NH]C(=O)c1ccc(OCCCl)c(N2CCOCC2)c1. The van der Waals surface area contributed by atoms with E-state index in [4.69, 9.17) is 26.8 Å². The maximum absolute atomic E-state index is 11.2. The van der Waals surface area contributed by atoms with E-state index >= 15 is 0 Å². The lowest BCUT2D eigenvalue weighted by molar-refractivity contribution is 0.0992. The number of carbonyl (C=O) groups excluding carboxylic acids is 1. The van der Waals surface area contributed by atoms with Gasteiger partial charge in [-0.1, -0.05) is 0 Å². The van der Waals surface area contributed by atoms with E-state index in [1.807, 2.05) is 0 Å². The van der Waals surface area contributed by atoms with Crippen LogP contribution in [0, 0.1) is 0 Å². The third-order valence-corrected chi connectivity index (χ3v) is 3.06. The fourth-order valence-corrected chi connectivity index (χ4v) is 2.06. The van der Waals surface area contributed by atoms with Crippen molar-refractivity contribution in [2.24, 2.45) is 0 Å². The molecule has 1 aliphatic rings. The zero-order valence-electron chi connectivity index (χ0n) is 10.5. The average Bonchev–Trinajstić information content (AvgIpc) is 2.45. The molecule has 0 atom stereocenters. The zero-order valence-corrected chi connectivity index (χ0v) is 11.3. The van der Waals surface area contributed by atoms with Gasteiger partial charge in [-0.15, -0.1) is 11.6 Å². The Balaban J connectivity index is 2.28. The summed E-state index contributed by atoms with van der Waals surface area (Å²) in [6, 6.07) is 5.02. The number of anilines is 1. The van der Waals surface area contributed by atoms with Crippen molar-refractivity contribution in [2.75, 3.05) is 43.7 Å². The Kier molecular flexibility index (Phi) is 4.87. The van der Waals surface area contributed by atoms with Crippen LogP contribution in [0.25, 0.3) is 0 Å². The van der Waals surface area contributed by atoms with E-state index in [0.717, 1.165) is 18.8 Å². The summed E-state index contributed by atoms with van der Waals surface area (Å²) in [5, 5.41) is 0. The number of amides is 1. The van der Waals surface area contributed by atoms with Crippen LogP contribution in [0.3, 0.4) is 0 Å². The molecule has 0 bridgehead atoms. The predicted octanol–water partition coefficient (Wildman–Crippen LogP) is 1.56. The summed E-state index contributed by atoms with van der Waals surface area (Å²) in [7, 11) is 0. The van der Waals surface area contributed by atoms with Gasteiger partial charge in [-0.2, -0.15) is 0 Å². The molecule has 0 aromatic heterocycles. The van der Waals surface area contributed by atoms with Crippen molar-refractivity contribution in [2.45, 2.75) is 0 Å². The standard InChI is InChI=1S/C13H16ClN2O3/c14-3-6-19-12-2-1-10(13(15)17)9-11(12)16-4-7-18-8-5-16/h1-2,9,15H,3-8H2. The molecule has 1 aromatic carbocycles.